The Balaban J connectivity index is 2.02. The predicted octanol–water partition coefficient (Wildman–Crippen LogP) is 3.80. The largest absolute Gasteiger partial charge is 0.314 e. The molecule has 0 spiro atoms. The highest BCUT2D eigenvalue weighted by molar-refractivity contribution is 6.30. The molecule has 1 aromatic rings. The van der Waals surface area contributed by atoms with Crippen LogP contribution in [-0.2, 0) is 6.42 Å². The number of halogens is 2. The maximum atomic E-state index is 13.8. The van der Waals surface area contributed by atoms with Crippen molar-refractivity contribution in [3.8, 4) is 0 Å². The first-order valence-corrected chi connectivity index (χ1v) is 6.74. The Morgan fingerprint density at radius 3 is 3.06 bits per heavy atom. The molecule has 1 saturated heterocycles. The van der Waals surface area contributed by atoms with Crippen LogP contribution >= 0.6 is 11.6 Å². The Labute approximate surface area is 107 Å². The van der Waals surface area contributed by atoms with E-state index in [1.54, 1.807) is 6.07 Å². The van der Waals surface area contributed by atoms with Crippen LogP contribution in [0.5, 0.6) is 0 Å². The summed E-state index contributed by atoms with van der Waals surface area (Å²) in [4.78, 5) is 0. The minimum absolute atomic E-state index is 0.227. The molecule has 3 heteroatoms. The quantitative estimate of drug-likeness (QED) is 0.866. The van der Waals surface area contributed by atoms with Crippen molar-refractivity contribution < 1.29 is 4.39 Å². The van der Waals surface area contributed by atoms with Crippen LogP contribution in [0.1, 0.15) is 31.7 Å². The molecule has 0 saturated carbocycles. The summed E-state index contributed by atoms with van der Waals surface area (Å²) in [5, 5.41) is 3.70. The van der Waals surface area contributed by atoms with Crippen molar-refractivity contribution in [2.75, 3.05) is 6.54 Å². The van der Waals surface area contributed by atoms with Crippen LogP contribution in [0.3, 0.4) is 0 Å². The van der Waals surface area contributed by atoms with Crippen LogP contribution in [-0.4, -0.2) is 12.6 Å². The highest BCUT2D eigenvalue weighted by atomic mass is 35.5. The van der Waals surface area contributed by atoms with Crippen molar-refractivity contribution in [3.63, 3.8) is 0 Å². The zero-order valence-corrected chi connectivity index (χ0v) is 10.9. The maximum Gasteiger partial charge on any atom is 0.145 e. The zero-order valence-electron chi connectivity index (χ0n) is 10.2. The van der Waals surface area contributed by atoms with Crippen molar-refractivity contribution in [2.24, 2.45) is 5.92 Å². The molecule has 1 aliphatic heterocycles. The number of benzene rings is 1. The molecule has 2 unspecified atom stereocenters. The van der Waals surface area contributed by atoms with Gasteiger partial charge in [0.15, 0.2) is 0 Å². The monoisotopic (exact) mass is 255 g/mol. The smallest absolute Gasteiger partial charge is 0.145 e. The first kappa shape index (κ1) is 12.8. The van der Waals surface area contributed by atoms with E-state index in [4.69, 9.17) is 11.6 Å². The van der Waals surface area contributed by atoms with Gasteiger partial charge in [0.25, 0.3) is 0 Å². The molecular formula is C14H19ClFN. The minimum Gasteiger partial charge on any atom is -0.314 e. The van der Waals surface area contributed by atoms with E-state index in [2.05, 4.69) is 12.2 Å². The number of hydrogen-bond acceptors (Lipinski definition) is 1. The third-order valence-electron chi connectivity index (χ3n) is 3.68. The molecule has 1 N–H and O–H groups in total. The summed E-state index contributed by atoms with van der Waals surface area (Å²) in [7, 11) is 0. The van der Waals surface area contributed by atoms with Crippen LogP contribution in [0.25, 0.3) is 0 Å². The fraction of sp³-hybridized carbons (Fsp3) is 0.571. The van der Waals surface area contributed by atoms with Crippen molar-refractivity contribution in [2.45, 2.75) is 38.6 Å². The molecule has 0 amide bonds. The lowest BCUT2D eigenvalue weighted by Crippen LogP contribution is -2.39. The van der Waals surface area contributed by atoms with Crippen molar-refractivity contribution in [1.29, 1.82) is 0 Å². The summed E-state index contributed by atoms with van der Waals surface area (Å²) in [6, 6.07) is 5.64. The van der Waals surface area contributed by atoms with Gasteiger partial charge < -0.3 is 5.32 Å². The first-order chi connectivity index (χ1) is 8.20. The Morgan fingerprint density at radius 2 is 2.29 bits per heavy atom. The molecular weight excluding hydrogens is 237 g/mol. The van der Waals surface area contributed by atoms with E-state index in [-0.39, 0.29) is 10.8 Å². The van der Waals surface area contributed by atoms with E-state index >= 15 is 0 Å². The third-order valence-corrected chi connectivity index (χ3v) is 3.97. The van der Waals surface area contributed by atoms with Crippen LogP contribution in [0.4, 0.5) is 4.39 Å². The molecule has 0 aliphatic carbocycles. The van der Waals surface area contributed by atoms with E-state index < -0.39 is 0 Å². The molecule has 2 rings (SSSR count). The molecule has 0 bridgehead atoms. The molecule has 1 aliphatic rings. The predicted molar refractivity (Wildman–Crippen MR) is 69.9 cm³/mol. The summed E-state index contributed by atoms with van der Waals surface area (Å²) in [6.45, 7) is 3.28. The van der Waals surface area contributed by atoms with Crippen LogP contribution in [0, 0.1) is 11.7 Å². The SMILES string of the molecule is CCC1CCNC(Cc2cccc(Cl)c2F)C1. The summed E-state index contributed by atoms with van der Waals surface area (Å²) in [6.07, 6.45) is 4.34. The summed E-state index contributed by atoms with van der Waals surface area (Å²) in [5.41, 5.74) is 0.728. The molecule has 0 radical (unpaired) electrons. The summed E-state index contributed by atoms with van der Waals surface area (Å²) >= 11 is 5.79. The molecule has 94 valence electrons. The van der Waals surface area contributed by atoms with Gasteiger partial charge >= 0.3 is 0 Å². The molecule has 1 fully saturated rings. The summed E-state index contributed by atoms with van der Waals surface area (Å²) in [5.74, 6) is 0.526. The van der Waals surface area contributed by atoms with E-state index in [0.717, 1.165) is 30.9 Å². The Morgan fingerprint density at radius 1 is 1.47 bits per heavy atom. The van der Waals surface area contributed by atoms with E-state index in [9.17, 15) is 4.39 Å². The topological polar surface area (TPSA) is 12.0 Å². The van der Waals surface area contributed by atoms with Gasteiger partial charge in [-0.25, -0.2) is 4.39 Å². The van der Waals surface area contributed by atoms with E-state index in [0.29, 0.717) is 6.04 Å². The average Bonchev–Trinajstić information content (AvgIpc) is 2.35. The fourth-order valence-corrected chi connectivity index (χ4v) is 2.79. The molecule has 1 heterocycles. The molecule has 0 aromatic heterocycles. The fourth-order valence-electron chi connectivity index (χ4n) is 2.59. The second kappa shape index (κ2) is 5.83. The lowest BCUT2D eigenvalue weighted by Gasteiger charge is -2.30. The van der Waals surface area contributed by atoms with Gasteiger partial charge in [-0.15, -0.1) is 0 Å². The van der Waals surface area contributed by atoms with Gasteiger partial charge in [-0.3, -0.25) is 0 Å². The molecule has 2 atom stereocenters. The van der Waals surface area contributed by atoms with Crippen LogP contribution in [0.15, 0.2) is 18.2 Å². The number of piperidine rings is 1. The van der Waals surface area contributed by atoms with Gasteiger partial charge in [0.2, 0.25) is 0 Å². The second-order valence-corrected chi connectivity index (χ2v) is 5.27. The van der Waals surface area contributed by atoms with Gasteiger partial charge in [0.05, 0.1) is 5.02 Å². The molecule has 1 nitrogen and oxygen atoms in total. The average molecular weight is 256 g/mol. The minimum atomic E-state index is -0.255. The number of hydrogen-bond donors (Lipinski definition) is 1. The second-order valence-electron chi connectivity index (χ2n) is 4.87. The third kappa shape index (κ3) is 3.20. The normalized spacial score (nSPS) is 24.9. The zero-order chi connectivity index (χ0) is 12.3. The van der Waals surface area contributed by atoms with Gasteiger partial charge in [-0.1, -0.05) is 37.1 Å². The van der Waals surface area contributed by atoms with E-state index in [1.165, 1.54) is 12.8 Å². The Bertz CT molecular complexity index is 380. The highest BCUT2D eigenvalue weighted by Gasteiger charge is 2.21. The highest BCUT2D eigenvalue weighted by Crippen LogP contribution is 2.24. The number of rotatable bonds is 3. The van der Waals surface area contributed by atoms with E-state index in [1.807, 2.05) is 12.1 Å². The lowest BCUT2D eigenvalue weighted by atomic mass is 9.87. The van der Waals surface area contributed by atoms with Crippen molar-refractivity contribution >= 4 is 11.6 Å². The standard InChI is InChI=1S/C14H19ClFN/c1-2-10-6-7-17-12(8-10)9-11-4-3-5-13(15)14(11)16/h3-5,10,12,17H,2,6-9H2,1H3. The van der Waals surface area contributed by atoms with Crippen LogP contribution < -0.4 is 5.32 Å². The molecule has 1 aromatic carbocycles. The van der Waals surface area contributed by atoms with Crippen molar-refractivity contribution in [3.05, 3.63) is 34.6 Å². The molecule has 17 heavy (non-hydrogen) atoms. The Kier molecular flexibility index (Phi) is 4.41. The maximum absolute atomic E-state index is 13.8. The number of nitrogens with one attached hydrogen (secondary N) is 1. The first-order valence-electron chi connectivity index (χ1n) is 6.37. The van der Waals surface area contributed by atoms with Gasteiger partial charge in [0.1, 0.15) is 5.82 Å². The van der Waals surface area contributed by atoms with Gasteiger partial charge in [0, 0.05) is 6.04 Å². The van der Waals surface area contributed by atoms with Gasteiger partial charge in [-0.2, -0.15) is 0 Å². The van der Waals surface area contributed by atoms with Crippen LogP contribution in [0.2, 0.25) is 5.02 Å². The lowest BCUT2D eigenvalue weighted by molar-refractivity contribution is 0.292. The summed E-state index contributed by atoms with van der Waals surface area (Å²) < 4.78 is 13.8. The van der Waals surface area contributed by atoms with Crippen molar-refractivity contribution in [1.82, 2.24) is 5.32 Å². The Hall–Kier alpha value is -0.600. The van der Waals surface area contributed by atoms with Gasteiger partial charge in [-0.05, 0) is 43.4 Å².